The summed E-state index contributed by atoms with van der Waals surface area (Å²) in [6.45, 7) is 0. The van der Waals surface area contributed by atoms with Crippen molar-refractivity contribution in [3.63, 3.8) is 0 Å². The van der Waals surface area contributed by atoms with Gasteiger partial charge in [-0.2, -0.15) is 0 Å². The molecule has 1 atom stereocenters. The number of carbonyl (C=O) groups is 2. The molecule has 0 spiro atoms. The van der Waals surface area contributed by atoms with Crippen molar-refractivity contribution < 1.29 is 28.2 Å². The maximum atomic E-state index is 13.5. The molecule has 3 aromatic carbocycles. The van der Waals surface area contributed by atoms with Crippen LogP contribution < -0.4 is 19.6 Å². The summed E-state index contributed by atoms with van der Waals surface area (Å²) < 4.78 is 24.8. The highest BCUT2D eigenvalue weighted by molar-refractivity contribution is 6.15. The molecule has 0 bridgehead atoms. The molecule has 2 aliphatic rings. The van der Waals surface area contributed by atoms with Gasteiger partial charge in [-0.15, -0.1) is 0 Å². The number of hydrogen-bond acceptors (Lipinski definition) is 7. The number of aromatic nitrogens is 1. The van der Waals surface area contributed by atoms with Crippen molar-refractivity contribution in [1.29, 1.82) is 0 Å². The Labute approximate surface area is 221 Å². The molecule has 0 saturated heterocycles. The average molecular weight is 520 g/mol. The minimum atomic E-state index is -0.703. The van der Waals surface area contributed by atoms with E-state index in [1.165, 1.54) is 6.26 Å². The zero-order chi connectivity index (χ0) is 26.8. The fraction of sp³-hybridized carbons (Fsp3) is 0.129. The number of benzene rings is 3. The zero-order valence-electron chi connectivity index (χ0n) is 21.0. The molecule has 0 unspecified atom stereocenters. The molecule has 2 aliphatic heterocycles. The molecular weight excluding hydrogens is 498 g/mol. The first-order valence-corrected chi connectivity index (χ1v) is 12.4. The highest BCUT2D eigenvalue weighted by atomic mass is 16.5. The predicted molar refractivity (Wildman–Crippen MR) is 143 cm³/mol. The van der Waals surface area contributed by atoms with Crippen LogP contribution in [-0.2, 0) is 11.8 Å². The number of nitrogens with zero attached hydrogens (tertiary/aromatic N) is 1. The van der Waals surface area contributed by atoms with Crippen LogP contribution in [0.25, 0.3) is 27.9 Å². The minimum Gasteiger partial charge on any atom is -0.497 e. The third-order valence-electron chi connectivity index (χ3n) is 7.38. The summed E-state index contributed by atoms with van der Waals surface area (Å²) in [6.07, 6.45) is 4.90. The Morgan fingerprint density at radius 1 is 1.00 bits per heavy atom. The second-order valence-corrected chi connectivity index (χ2v) is 9.62. The number of Topliss-reactive ketones (excluding diaryl/α,β-unsaturated/α-hetero) is 1. The first kappa shape index (κ1) is 23.0. The van der Waals surface area contributed by atoms with Crippen LogP contribution in [0, 0.1) is 0 Å². The molecule has 8 heteroatoms. The molecule has 192 valence electrons. The second-order valence-electron chi connectivity index (χ2n) is 9.62. The van der Waals surface area contributed by atoms with Crippen molar-refractivity contribution in [2.24, 2.45) is 7.05 Å². The summed E-state index contributed by atoms with van der Waals surface area (Å²) in [6, 6.07) is 15.8. The maximum absolute atomic E-state index is 13.5. The molecular formula is C31H21NO7. The Bertz CT molecular complexity index is 1960. The van der Waals surface area contributed by atoms with Crippen LogP contribution in [0.1, 0.15) is 39.4 Å². The minimum absolute atomic E-state index is 0.0910. The lowest BCUT2D eigenvalue weighted by Gasteiger charge is -2.25. The number of ether oxygens (including phenoxy) is 3. The molecule has 39 heavy (non-hydrogen) atoms. The molecule has 0 N–H and O–H groups in total. The zero-order valence-corrected chi connectivity index (χ0v) is 21.0. The van der Waals surface area contributed by atoms with Crippen molar-refractivity contribution in [2.45, 2.75) is 12.3 Å². The second kappa shape index (κ2) is 8.46. The predicted octanol–water partition coefficient (Wildman–Crippen LogP) is 5.35. The normalized spacial score (nSPS) is 17.3. The number of allylic oxidation sites excluding steroid dienone is 1. The smallest absolute Gasteiger partial charge is 0.312 e. The first-order valence-electron chi connectivity index (χ1n) is 12.4. The molecule has 5 aromatic rings. The largest absolute Gasteiger partial charge is 0.497 e. The van der Waals surface area contributed by atoms with Crippen LogP contribution in [-0.4, -0.2) is 23.4 Å². The standard InChI is InChI=1S/C31H21NO7/c1-32-14-16(20-12-17(36-2)7-9-23(20)32)11-26-30(35)19-8-10-25-28(31(19)39-26)21(13-27(33)38-25)22-15-37-24-6-4-3-5-18(24)29(22)34/h3-12,14-15,21H,13H2,1-2H3/b26-11-/t21-/m1/s1. The number of methoxy groups -OCH3 is 1. The Kier molecular flexibility index (Phi) is 5.00. The van der Waals surface area contributed by atoms with Gasteiger partial charge in [-0.25, -0.2) is 0 Å². The lowest BCUT2D eigenvalue weighted by atomic mass is 9.85. The lowest BCUT2D eigenvalue weighted by Crippen LogP contribution is -2.25. The SMILES string of the molecule is COc1ccc2c(c1)c(/C=C1\Oc3c(ccc4c3[C@@H](c3coc5ccccc5c3=O)CC(=O)O4)C1=O)cn2C. The Balaban J connectivity index is 1.37. The quantitative estimate of drug-likeness (QED) is 0.180. The molecule has 8 nitrogen and oxygen atoms in total. The molecule has 0 fully saturated rings. The summed E-state index contributed by atoms with van der Waals surface area (Å²) in [4.78, 5) is 39.5. The number of aryl methyl sites for hydroxylation is 1. The van der Waals surface area contributed by atoms with Crippen LogP contribution in [0.5, 0.6) is 17.2 Å². The Morgan fingerprint density at radius 2 is 1.85 bits per heavy atom. The van der Waals surface area contributed by atoms with Crippen molar-refractivity contribution in [2.75, 3.05) is 7.11 Å². The summed E-state index contributed by atoms with van der Waals surface area (Å²) in [7, 11) is 3.53. The van der Waals surface area contributed by atoms with Crippen LogP contribution in [0.4, 0.5) is 0 Å². The van der Waals surface area contributed by atoms with E-state index in [1.54, 1.807) is 49.6 Å². The molecule has 0 saturated carbocycles. The van der Waals surface area contributed by atoms with E-state index in [0.717, 1.165) is 16.5 Å². The molecule has 0 radical (unpaired) electrons. The third kappa shape index (κ3) is 3.49. The van der Waals surface area contributed by atoms with E-state index in [1.807, 2.05) is 36.0 Å². The van der Waals surface area contributed by atoms with E-state index in [2.05, 4.69) is 0 Å². The highest BCUT2D eigenvalue weighted by Gasteiger charge is 2.39. The van der Waals surface area contributed by atoms with Gasteiger partial charge in [0.05, 0.1) is 30.7 Å². The van der Waals surface area contributed by atoms with Crippen molar-refractivity contribution in [1.82, 2.24) is 4.57 Å². The number of para-hydroxylation sites is 1. The van der Waals surface area contributed by atoms with Gasteiger partial charge in [-0.1, -0.05) is 12.1 Å². The lowest BCUT2D eigenvalue weighted by molar-refractivity contribution is -0.135. The maximum Gasteiger partial charge on any atom is 0.312 e. The van der Waals surface area contributed by atoms with E-state index in [4.69, 9.17) is 18.6 Å². The summed E-state index contributed by atoms with van der Waals surface area (Å²) in [5, 5.41) is 1.31. The van der Waals surface area contributed by atoms with Gasteiger partial charge < -0.3 is 23.2 Å². The van der Waals surface area contributed by atoms with Crippen molar-refractivity contribution in [3.05, 3.63) is 105 Å². The number of hydrogen-bond donors (Lipinski definition) is 0. The van der Waals surface area contributed by atoms with E-state index in [9.17, 15) is 14.4 Å². The number of carbonyl (C=O) groups excluding carboxylic acids is 2. The summed E-state index contributed by atoms with van der Waals surface area (Å²) in [5.74, 6) is -0.110. The Hall–Kier alpha value is -5.11. The van der Waals surface area contributed by atoms with Crippen LogP contribution in [0.2, 0.25) is 0 Å². The monoisotopic (exact) mass is 519 g/mol. The molecule has 0 amide bonds. The van der Waals surface area contributed by atoms with Crippen molar-refractivity contribution in [3.8, 4) is 17.2 Å². The van der Waals surface area contributed by atoms with E-state index in [-0.39, 0.29) is 34.9 Å². The van der Waals surface area contributed by atoms with Gasteiger partial charge in [0.25, 0.3) is 0 Å². The fourth-order valence-electron chi connectivity index (χ4n) is 5.49. The molecule has 0 aliphatic carbocycles. The van der Waals surface area contributed by atoms with Gasteiger partial charge in [0, 0.05) is 46.8 Å². The summed E-state index contributed by atoms with van der Waals surface area (Å²) in [5.41, 5.74) is 3.08. The molecule has 7 rings (SSSR count). The fourth-order valence-corrected chi connectivity index (χ4v) is 5.49. The number of fused-ring (bicyclic) bond motifs is 5. The number of ketones is 1. The van der Waals surface area contributed by atoms with E-state index in [0.29, 0.717) is 33.4 Å². The van der Waals surface area contributed by atoms with Gasteiger partial charge in [-0.3, -0.25) is 14.4 Å². The van der Waals surface area contributed by atoms with Gasteiger partial charge >= 0.3 is 5.97 Å². The van der Waals surface area contributed by atoms with E-state index >= 15 is 0 Å². The Morgan fingerprint density at radius 3 is 2.69 bits per heavy atom. The van der Waals surface area contributed by atoms with E-state index < -0.39 is 11.9 Å². The number of rotatable bonds is 3. The summed E-state index contributed by atoms with van der Waals surface area (Å²) >= 11 is 0. The highest BCUT2D eigenvalue weighted by Crippen LogP contribution is 2.48. The van der Waals surface area contributed by atoms with Crippen LogP contribution in [0.15, 0.2) is 82.0 Å². The van der Waals surface area contributed by atoms with Gasteiger partial charge in [0.2, 0.25) is 5.78 Å². The number of esters is 1. The molecule has 4 heterocycles. The van der Waals surface area contributed by atoms with Crippen molar-refractivity contribution >= 4 is 39.7 Å². The van der Waals surface area contributed by atoms with Crippen LogP contribution >= 0.6 is 0 Å². The average Bonchev–Trinajstić information content (AvgIpc) is 3.43. The van der Waals surface area contributed by atoms with Crippen LogP contribution in [0.3, 0.4) is 0 Å². The van der Waals surface area contributed by atoms with Gasteiger partial charge in [-0.05, 0) is 48.5 Å². The van der Waals surface area contributed by atoms with Gasteiger partial charge in [0.15, 0.2) is 11.2 Å². The topological polar surface area (TPSA) is 97.0 Å². The third-order valence-corrected chi connectivity index (χ3v) is 7.38. The van der Waals surface area contributed by atoms with Gasteiger partial charge in [0.1, 0.15) is 22.8 Å². The first-order chi connectivity index (χ1) is 18.9. The molecule has 2 aromatic heterocycles.